The minimum Gasteiger partial charge on any atom is -0.0991 e. The summed E-state index contributed by atoms with van der Waals surface area (Å²) in [6, 6.07) is 0. The quantitative estimate of drug-likeness (QED) is 0.491. The largest absolute Gasteiger partial charge is 0.0991 e. The fourth-order valence-corrected chi connectivity index (χ4v) is 0.918. The Bertz CT molecular complexity index is 123. The maximum Gasteiger partial charge on any atom is 0.00715 e. The first-order valence-electron chi connectivity index (χ1n) is 3.84. The molecule has 0 aliphatic rings. The van der Waals surface area contributed by atoms with Crippen molar-refractivity contribution in [2.75, 3.05) is 5.33 Å². The Morgan fingerprint density at radius 1 is 1.45 bits per heavy atom. The van der Waals surface area contributed by atoms with Crippen LogP contribution in [0.3, 0.4) is 0 Å². The van der Waals surface area contributed by atoms with Gasteiger partial charge < -0.3 is 0 Å². The van der Waals surface area contributed by atoms with E-state index in [1.165, 1.54) is 0 Å². The van der Waals surface area contributed by atoms with Crippen LogP contribution in [-0.2, 0) is 0 Å². The molecule has 0 fully saturated rings. The second-order valence-electron chi connectivity index (χ2n) is 1.69. The molecule has 0 atom stereocenters. The lowest BCUT2D eigenvalue weighted by Crippen LogP contribution is -1.74. The van der Waals surface area contributed by atoms with Gasteiger partial charge in [0.15, 0.2) is 0 Å². The van der Waals surface area contributed by atoms with E-state index in [4.69, 9.17) is 0 Å². The smallest absolute Gasteiger partial charge is 0.00715 e. The van der Waals surface area contributed by atoms with E-state index in [0.717, 1.165) is 17.3 Å². The van der Waals surface area contributed by atoms with Crippen molar-refractivity contribution in [1.82, 2.24) is 0 Å². The highest BCUT2D eigenvalue weighted by molar-refractivity contribution is 9.09. The topological polar surface area (TPSA) is 0 Å². The zero-order valence-corrected chi connectivity index (χ0v) is 9.02. The normalized spacial score (nSPS) is 8.64. The predicted octanol–water partition coefficient (Wildman–Crippen LogP) is 4.10. The molecule has 0 aliphatic carbocycles. The summed E-state index contributed by atoms with van der Waals surface area (Å²) >= 11 is 3.32. The Balaban J connectivity index is 0. The highest BCUT2D eigenvalue weighted by Crippen LogP contribution is 2.01. The Morgan fingerprint density at radius 3 is 2.36 bits per heavy atom. The fourth-order valence-electron chi connectivity index (χ4n) is 0.409. The van der Waals surface area contributed by atoms with Crippen molar-refractivity contribution in [3.05, 3.63) is 37.0 Å². The number of halogens is 1. The van der Waals surface area contributed by atoms with Gasteiger partial charge in [-0.1, -0.05) is 66.7 Å². The molecule has 0 spiro atoms. The van der Waals surface area contributed by atoms with E-state index in [9.17, 15) is 0 Å². The maximum atomic E-state index is 3.82. The lowest BCUT2D eigenvalue weighted by molar-refractivity contribution is 1.19. The predicted molar refractivity (Wildman–Crippen MR) is 58.2 cm³/mol. The number of hydrogen-bond acceptors (Lipinski definition) is 0. The van der Waals surface area contributed by atoms with E-state index in [0.29, 0.717) is 0 Å². The molecule has 1 heteroatoms. The third-order valence-electron chi connectivity index (χ3n) is 0.884. The average Bonchev–Trinajstić information content (AvgIpc) is 2.05. The molecule has 0 unspecified atom stereocenters. The van der Waals surface area contributed by atoms with Crippen molar-refractivity contribution in [3.63, 3.8) is 0 Å². The molecule has 0 heterocycles. The van der Waals surface area contributed by atoms with E-state index in [1.54, 1.807) is 6.08 Å². The van der Waals surface area contributed by atoms with Gasteiger partial charge in [-0.25, -0.2) is 0 Å². The number of alkyl halides is 1. The van der Waals surface area contributed by atoms with Gasteiger partial charge >= 0.3 is 0 Å². The molecule has 11 heavy (non-hydrogen) atoms. The van der Waals surface area contributed by atoms with Crippen molar-refractivity contribution < 1.29 is 0 Å². The summed E-state index contributed by atoms with van der Waals surface area (Å²) in [5, 5.41) is 0.979. The third kappa shape index (κ3) is 12.8. The molecule has 0 aliphatic heterocycles. The highest BCUT2D eigenvalue weighted by atomic mass is 79.9. The minimum absolute atomic E-state index is 0.979. The lowest BCUT2D eigenvalue weighted by Gasteiger charge is -1.90. The van der Waals surface area contributed by atoms with E-state index in [-0.39, 0.29) is 0 Å². The second-order valence-corrected chi connectivity index (χ2v) is 2.49. The zero-order valence-electron chi connectivity index (χ0n) is 7.44. The van der Waals surface area contributed by atoms with Crippen molar-refractivity contribution in [2.45, 2.75) is 20.3 Å². The number of hydrogen-bond donors (Lipinski definition) is 0. The maximum absolute atomic E-state index is 3.82. The zero-order chi connectivity index (χ0) is 9.11. The molecule has 0 radical (unpaired) electrons. The summed E-state index contributed by atoms with van der Waals surface area (Å²) in [5.74, 6) is 0. The van der Waals surface area contributed by atoms with Crippen molar-refractivity contribution >= 4 is 15.9 Å². The van der Waals surface area contributed by atoms with Crippen LogP contribution < -0.4 is 0 Å². The van der Waals surface area contributed by atoms with Crippen molar-refractivity contribution in [1.29, 1.82) is 0 Å². The molecule has 0 aromatic carbocycles. The van der Waals surface area contributed by atoms with Gasteiger partial charge in [-0.05, 0) is 6.42 Å². The first-order valence-corrected chi connectivity index (χ1v) is 4.96. The van der Waals surface area contributed by atoms with Crippen LogP contribution in [0.5, 0.6) is 0 Å². The molecule has 0 aromatic rings. The average molecular weight is 217 g/mol. The Hall–Kier alpha value is -0.300. The third-order valence-corrected chi connectivity index (χ3v) is 1.28. The minimum atomic E-state index is 0.979. The van der Waals surface area contributed by atoms with E-state index in [2.05, 4.69) is 29.1 Å². The molecule has 0 N–H and O–H groups in total. The SMILES string of the molecule is C=C/C=C\C(=C)CCBr.CC. The standard InChI is InChI=1S/C8H11Br.C2H6/c1-3-4-5-8(2)6-7-9;1-2/h3-5H,1-2,6-7H2;1-2H3/b5-4-;. The van der Waals surface area contributed by atoms with Crippen LogP contribution in [0.25, 0.3) is 0 Å². The van der Waals surface area contributed by atoms with Crippen molar-refractivity contribution in [3.8, 4) is 0 Å². The molecule has 0 saturated carbocycles. The van der Waals surface area contributed by atoms with E-state index >= 15 is 0 Å². The highest BCUT2D eigenvalue weighted by Gasteiger charge is 1.82. The molecule has 0 rings (SSSR count). The fraction of sp³-hybridized carbons (Fsp3) is 0.400. The first-order chi connectivity index (χ1) is 5.31. The van der Waals surface area contributed by atoms with Crippen LogP contribution in [0.2, 0.25) is 0 Å². The van der Waals surface area contributed by atoms with Gasteiger partial charge in [-0.3, -0.25) is 0 Å². The van der Waals surface area contributed by atoms with Gasteiger partial charge in [0.05, 0.1) is 0 Å². The van der Waals surface area contributed by atoms with Gasteiger partial charge in [-0.2, -0.15) is 0 Å². The molecule has 0 saturated heterocycles. The molecule has 0 bridgehead atoms. The van der Waals surface area contributed by atoms with Crippen molar-refractivity contribution in [2.24, 2.45) is 0 Å². The molecular weight excluding hydrogens is 200 g/mol. The van der Waals surface area contributed by atoms with Crippen LogP contribution in [-0.4, -0.2) is 5.33 Å². The Kier molecular flexibility index (Phi) is 15.0. The molecular formula is C10H17Br. The summed E-state index contributed by atoms with van der Waals surface area (Å²) < 4.78 is 0. The summed E-state index contributed by atoms with van der Waals surface area (Å²) in [6.07, 6.45) is 6.61. The number of allylic oxidation sites excluding steroid dienone is 4. The number of rotatable bonds is 4. The first kappa shape index (κ1) is 13.3. The van der Waals surface area contributed by atoms with Gasteiger partial charge in [-0.15, -0.1) is 0 Å². The van der Waals surface area contributed by atoms with Crippen LogP contribution in [0.4, 0.5) is 0 Å². The summed E-state index contributed by atoms with van der Waals surface area (Å²) in [6.45, 7) is 11.4. The molecule has 0 aromatic heterocycles. The van der Waals surface area contributed by atoms with Gasteiger partial charge in [0.2, 0.25) is 0 Å². The van der Waals surface area contributed by atoms with Crippen LogP contribution in [0.15, 0.2) is 37.0 Å². The van der Waals surface area contributed by atoms with E-state index < -0.39 is 0 Å². The van der Waals surface area contributed by atoms with Crippen LogP contribution >= 0.6 is 15.9 Å². The Morgan fingerprint density at radius 2 is 2.00 bits per heavy atom. The van der Waals surface area contributed by atoms with Gasteiger partial charge in [0.1, 0.15) is 0 Å². The van der Waals surface area contributed by atoms with Crippen LogP contribution in [0.1, 0.15) is 20.3 Å². The Labute approximate surface area is 78.8 Å². The summed E-state index contributed by atoms with van der Waals surface area (Å²) in [5.41, 5.74) is 1.13. The molecule has 64 valence electrons. The van der Waals surface area contributed by atoms with E-state index in [1.807, 2.05) is 26.0 Å². The second kappa shape index (κ2) is 12.4. The van der Waals surface area contributed by atoms with Gasteiger partial charge in [0, 0.05) is 5.33 Å². The van der Waals surface area contributed by atoms with Crippen LogP contribution in [0, 0.1) is 0 Å². The van der Waals surface area contributed by atoms with Gasteiger partial charge in [0.25, 0.3) is 0 Å². The summed E-state index contributed by atoms with van der Waals surface area (Å²) in [7, 11) is 0. The monoisotopic (exact) mass is 216 g/mol. The summed E-state index contributed by atoms with van der Waals surface area (Å²) in [4.78, 5) is 0. The molecule has 0 nitrogen and oxygen atoms in total. The molecule has 0 amide bonds. The lowest BCUT2D eigenvalue weighted by atomic mass is 10.2.